The Hall–Kier alpha value is -3.45. The monoisotopic (exact) mass is 489 g/mol. The van der Waals surface area contributed by atoms with Gasteiger partial charge in [0.15, 0.2) is 0 Å². The topological polar surface area (TPSA) is 78.4 Å². The number of nitrogens with zero attached hydrogens (tertiary/aromatic N) is 4. The molecule has 2 aliphatic heterocycles. The van der Waals surface area contributed by atoms with Crippen molar-refractivity contribution in [2.24, 2.45) is 0 Å². The summed E-state index contributed by atoms with van der Waals surface area (Å²) in [6, 6.07) is 13.8. The van der Waals surface area contributed by atoms with Crippen LogP contribution in [-0.2, 0) is 24.3 Å². The number of amides is 2. The predicted molar refractivity (Wildman–Crippen MR) is 136 cm³/mol. The van der Waals surface area contributed by atoms with Crippen molar-refractivity contribution in [2.75, 3.05) is 18.4 Å². The van der Waals surface area contributed by atoms with Crippen LogP contribution in [0.1, 0.15) is 47.8 Å². The van der Waals surface area contributed by atoms with Gasteiger partial charge in [0, 0.05) is 36.3 Å². The Morgan fingerprint density at radius 2 is 1.86 bits per heavy atom. The van der Waals surface area contributed by atoms with E-state index in [4.69, 9.17) is 11.6 Å². The van der Waals surface area contributed by atoms with Gasteiger partial charge < -0.3 is 15.1 Å². The van der Waals surface area contributed by atoms with Gasteiger partial charge in [-0.25, -0.2) is 9.97 Å². The van der Waals surface area contributed by atoms with Crippen molar-refractivity contribution in [1.82, 2.24) is 19.8 Å². The molecule has 0 bridgehead atoms. The Morgan fingerprint density at radius 3 is 2.63 bits per heavy atom. The van der Waals surface area contributed by atoms with Crippen molar-refractivity contribution < 1.29 is 9.59 Å². The van der Waals surface area contributed by atoms with E-state index in [0.29, 0.717) is 41.9 Å². The zero-order valence-electron chi connectivity index (χ0n) is 20.1. The smallest absolute Gasteiger partial charge is 0.254 e. The van der Waals surface area contributed by atoms with E-state index < -0.39 is 0 Å². The summed E-state index contributed by atoms with van der Waals surface area (Å²) in [4.78, 5) is 38.6. The van der Waals surface area contributed by atoms with Gasteiger partial charge in [0.2, 0.25) is 11.9 Å². The standard InChI is InChI=1S/C27H28ClN5O2/c1-27(2,3)31-26-29-13-22(28)24(30-26)18-8-9-20-15-33(25(35)21(20)12-18)16-23(34)32-11-10-17-6-4-5-7-19(17)14-32/h4-9,12-13H,10-11,14-16H2,1-3H3,(H,29,30,31). The van der Waals surface area contributed by atoms with Crippen LogP contribution in [0.15, 0.2) is 48.7 Å². The summed E-state index contributed by atoms with van der Waals surface area (Å²) >= 11 is 6.41. The number of halogens is 1. The van der Waals surface area contributed by atoms with E-state index in [1.165, 1.54) is 11.1 Å². The minimum Gasteiger partial charge on any atom is -0.350 e. The highest BCUT2D eigenvalue weighted by atomic mass is 35.5. The van der Waals surface area contributed by atoms with Crippen molar-refractivity contribution in [3.63, 3.8) is 0 Å². The van der Waals surface area contributed by atoms with Gasteiger partial charge in [0.25, 0.3) is 5.91 Å². The Labute approximate surface area is 210 Å². The maximum Gasteiger partial charge on any atom is 0.254 e. The molecule has 2 aromatic carbocycles. The zero-order valence-corrected chi connectivity index (χ0v) is 20.9. The van der Waals surface area contributed by atoms with Crippen molar-refractivity contribution in [3.05, 3.63) is 75.9 Å². The van der Waals surface area contributed by atoms with Crippen molar-refractivity contribution in [3.8, 4) is 11.3 Å². The number of nitrogens with one attached hydrogen (secondary N) is 1. The number of fused-ring (bicyclic) bond motifs is 2. The van der Waals surface area contributed by atoms with Crippen LogP contribution >= 0.6 is 11.6 Å². The summed E-state index contributed by atoms with van der Waals surface area (Å²) in [6.07, 6.45) is 2.40. The molecule has 2 amide bonds. The molecule has 1 N–H and O–H groups in total. The second-order valence-corrected chi connectivity index (χ2v) is 10.5. The lowest BCUT2D eigenvalue weighted by Crippen LogP contribution is -2.42. The minimum atomic E-state index is -0.206. The lowest BCUT2D eigenvalue weighted by atomic mass is 10.00. The van der Waals surface area contributed by atoms with E-state index >= 15 is 0 Å². The molecule has 0 saturated heterocycles. The quantitative estimate of drug-likeness (QED) is 0.581. The SMILES string of the molecule is CC(C)(C)Nc1ncc(Cl)c(-c2ccc3c(c2)C(=O)N(CC(=O)N2CCc4ccccc4C2)C3)n1. The number of hydrogen-bond acceptors (Lipinski definition) is 5. The van der Waals surface area contributed by atoms with Crippen LogP contribution in [0, 0.1) is 0 Å². The normalized spacial score (nSPS) is 15.1. The van der Waals surface area contributed by atoms with Crippen LogP contribution in [0.2, 0.25) is 5.02 Å². The number of hydrogen-bond donors (Lipinski definition) is 1. The van der Waals surface area contributed by atoms with Crippen LogP contribution in [-0.4, -0.2) is 50.2 Å². The first kappa shape index (κ1) is 23.3. The number of carbonyl (C=O) groups excluding carboxylic acids is 2. The fourth-order valence-electron chi connectivity index (χ4n) is 4.57. The highest BCUT2D eigenvalue weighted by Crippen LogP contribution is 2.32. The number of rotatable bonds is 4. The molecule has 8 heteroatoms. The van der Waals surface area contributed by atoms with E-state index in [2.05, 4.69) is 27.4 Å². The average molecular weight is 490 g/mol. The second-order valence-electron chi connectivity index (χ2n) is 10.1. The van der Waals surface area contributed by atoms with Crippen LogP contribution in [0.5, 0.6) is 0 Å². The molecule has 1 aromatic heterocycles. The van der Waals surface area contributed by atoms with Gasteiger partial charge in [-0.1, -0.05) is 48.0 Å². The molecule has 0 atom stereocenters. The lowest BCUT2D eigenvalue weighted by molar-refractivity contribution is -0.132. The van der Waals surface area contributed by atoms with Gasteiger partial charge in [-0.3, -0.25) is 9.59 Å². The Balaban J connectivity index is 1.32. The van der Waals surface area contributed by atoms with Crippen molar-refractivity contribution in [2.45, 2.75) is 45.8 Å². The van der Waals surface area contributed by atoms with E-state index in [-0.39, 0.29) is 23.9 Å². The average Bonchev–Trinajstić information content (AvgIpc) is 3.13. The van der Waals surface area contributed by atoms with Gasteiger partial charge in [-0.2, -0.15) is 0 Å². The third-order valence-electron chi connectivity index (χ3n) is 6.30. The molecular weight excluding hydrogens is 462 g/mol. The zero-order chi connectivity index (χ0) is 24.7. The third kappa shape index (κ3) is 4.86. The molecule has 2 aliphatic rings. The summed E-state index contributed by atoms with van der Waals surface area (Å²) in [5, 5.41) is 3.66. The molecule has 7 nitrogen and oxygen atoms in total. The fraction of sp³-hybridized carbons (Fsp3) is 0.333. The summed E-state index contributed by atoms with van der Waals surface area (Å²) in [6.45, 7) is 7.82. The third-order valence-corrected chi connectivity index (χ3v) is 6.58. The van der Waals surface area contributed by atoms with Gasteiger partial charge >= 0.3 is 0 Å². The first-order valence-electron chi connectivity index (χ1n) is 11.8. The maximum absolute atomic E-state index is 13.2. The summed E-state index contributed by atoms with van der Waals surface area (Å²) < 4.78 is 0. The number of benzene rings is 2. The molecule has 0 spiro atoms. The highest BCUT2D eigenvalue weighted by Gasteiger charge is 2.31. The molecule has 180 valence electrons. The summed E-state index contributed by atoms with van der Waals surface area (Å²) in [7, 11) is 0. The van der Waals surface area contributed by atoms with Gasteiger partial charge in [0.05, 0.1) is 16.9 Å². The molecule has 5 rings (SSSR count). The van der Waals surface area contributed by atoms with Crippen LogP contribution < -0.4 is 5.32 Å². The maximum atomic E-state index is 13.2. The van der Waals surface area contributed by atoms with Crippen LogP contribution in [0.3, 0.4) is 0 Å². The number of anilines is 1. The molecule has 0 unspecified atom stereocenters. The molecule has 3 aromatic rings. The first-order chi connectivity index (χ1) is 16.7. The van der Waals surface area contributed by atoms with E-state index in [1.807, 2.05) is 56.0 Å². The summed E-state index contributed by atoms with van der Waals surface area (Å²) in [5.41, 5.74) is 5.04. The van der Waals surface area contributed by atoms with E-state index in [0.717, 1.165) is 17.5 Å². The van der Waals surface area contributed by atoms with E-state index in [9.17, 15) is 9.59 Å². The van der Waals surface area contributed by atoms with E-state index in [1.54, 1.807) is 11.1 Å². The Bertz CT molecular complexity index is 1320. The van der Waals surface area contributed by atoms with Gasteiger partial charge in [-0.05, 0) is 49.9 Å². The van der Waals surface area contributed by atoms with Crippen LogP contribution in [0.4, 0.5) is 5.95 Å². The first-order valence-corrected chi connectivity index (χ1v) is 12.1. The Morgan fingerprint density at radius 1 is 1.09 bits per heavy atom. The van der Waals surface area contributed by atoms with Gasteiger partial charge in [0.1, 0.15) is 6.54 Å². The molecule has 0 radical (unpaired) electrons. The predicted octanol–water partition coefficient (Wildman–Crippen LogP) is 4.55. The molecular formula is C27H28ClN5O2. The second kappa shape index (κ2) is 8.96. The largest absolute Gasteiger partial charge is 0.350 e. The lowest BCUT2D eigenvalue weighted by Gasteiger charge is -2.30. The molecule has 35 heavy (non-hydrogen) atoms. The van der Waals surface area contributed by atoms with Crippen LogP contribution in [0.25, 0.3) is 11.3 Å². The fourth-order valence-corrected chi connectivity index (χ4v) is 4.77. The highest BCUT2D eigenvalue weighted by molar-refractivity contribution is 6.33. The number of carbonyl (C=O) groups is 2. The molecule has 3 heterocycles. The van der Waals surface area contributed by atoms with Gasteiger partial charge in [-0.15, -0.1) is 0 Å². The molecule has 0 aliphatic carbocycles. The Kier molecular flexibility index (Phi) is 5.97. The molecule has 0 fully saturated rings. The molecule has 0 saturated carbocycles. The number of aromatic nitrogens is 2. The minimum absolute atomic E-state index is 0.0300. The summed E-state index contributed by atoms with van der Waals surface area (Å²) in [5.74, 6) is 0.294. The van der Waals surface area contributed by atoms with Crippen molar-refractivity contribution in [1.29, 1.82) is 0 Å². The van der Waals surface area contributed by atoms with Crippen molar-refractivity contribution >= 4 is 29.4 Å².